The first-order valence-corrected chi connectivity index (χ1v) is 3.24. The van der Waals surface area contributed by atoms with E-state index in [1.165, 1.54) is 0 Å². The van der Waals surface area contributed by atoms with Crippen LogP contribution in [0.2, 0.25) is 0 Å². The molecule has 1 aliphatic heterocycles. The maximum Gasteiger partial charge on any atom is 0.404 e. The van der Waals surface area contributed by atoms with E-state index in [4.69, 9.17) is 15.2 Å². The summed E-state index contributed by atoms with van der Waals surface area (Å²) in [6, 6.07) is 0. The fraction of sp³-hybridized carbons (Fsp3) is 0.833. The molecular formula is C6H11NO3. The topological polar surface area (TPSA) is 61.6 Å². The average molecular weight is 145 g/mol. The fourth-order valence-corrected chi connectivity index (χ4v) is 0.941. The van der Waals surface area contributed by atoms with Gasteiger partial charge in [-0.3, -0.25) is 0 Å². The van der Waals surface area contributed by atoms with E-state index in [-0.39, 0.29) is 12.0 Å². The van der Waals surface area contributed by atoms with Crippen molar-refractivity contribution in [3.05, 3.63) is 0 Å². The Bertz CT molecular complexity index is 137. The summed E-state index contributed by atoms with van der Waals surface area (Å²) in [4.78, 5) is 10.2. The van der Waals surface area contributed by atoms with Crippen LogP contribution in [0.3, 0.4) is 0 Å². The zero-order chi connectivity index (χ0) is 7.56. The van der Waals surface area contributed by atoms with E-state index in [0.717, 1.165) is 0 Å². The number of ether oxygens (including phenoxy) is 2. The predicted octanol–water partition coefficient (Wildman–Crippen LogP) is 0.117. The van der Waals surface area contributed by atoms with E-state index in [1.807, 2.05) is 6.92 Å². The van der Waals surface area contributed by atoms with Crippen LogP contribution in [-0.2, 0) is 9.47 Å². The molecule has 2 atom stereocenters. The molecule has 0 radical (unpaired) electrons. The highest BCUT2D eigenvalue weighted by Gasteiger charge is 2.26. The van der Waals surface area contributed by atoms with E-state index in [2.05, 4.69) is 0 Å². The molecule has 0 aliphatic carbocycles. The van der Waals surface area contributed by atoms with Gasteiger partial charge < -0.3 is 15.2 Å². The number of rotatable bonds is 1. The fourth-order valence-electron chi connectivity index (χ4n) is 0.941. The van der Waals surface area contributed by atoms with Gasteiger partial charge in [-0.05, 0) is 0 Å². The number of carbonyl (C=O) groups excluding carboxylic acids is 1. The Kier molecular flexibility index (Phi) is 2.11. The van der Waals surface area contributed by atoms with E-state index in [9.17, 15) is 4.79 Å². The van der Waals surface area contributed by atoms with Gasteiger partial charge >= 0.3 is 6.09 Å². The predicted molar refractivity (Wildman–Crippen MR) is 34.4 cm³/mol. The van der Waals surface area contributed by atoms with Crippen LogP contribution in [-0.4, -0.2) is 25.4 Å². The summed E-state index contributed by atoms with van der Waals surface area (Å²) in [7, 11) is 0. The van der Waals surface area contributed by atoms with Crippen LogP contribution in [0.5, 0.6) is 0 Å². The van der Waals surface area contributed by atoms with Gasteiger partial charge in [0.05, 0.1) is 13.2 Å². The SMILES string of the molecule is CC1COCC1OC(N)=O. The van der Waals surface area contributed by atoms with Gasteiger partial charge in [-0.15, -0.1) is 0 Å². The minimum atomic E-state index is -0.720. The van der Waals surface area contributed by atoms with Crippen molar-refractivity contribution in [3.63, 3.8) is 0 Å². The largest absolute Gasteiger partial charge is 0.444 e. The molecule has 4 nitrogen and oxygen atoms in total. The first-order valence-electron chi connectivity index (χ1n) is 3.24. The van der Waals surface area contributed by atoms with Gasteiger partial charge in [-0.2, -0.15) is 0 Å². The lowest BCUT2D eigenvalue weighted by Crippen LogP contribution is -2.27. The summed E-state index contributed by atoms with van der Waals surface area (Å²) in [6.45, 7) is 3.09. The lowest BCUT2D eigenvalue weighted by atomic mass is 10.1. The first kappa shape index (κ1) is 7.34. The van der Waals surface area contributed by atoms with Crippen molar-refractivity contribution in [2.24, 2.45) is 11.7 Å². The molecule has 0 saturated carbocycles. The third-order valence-corrected chi connectivity index (χ3v) is 1.57. The minimum absolute atomic E-state index is 0.141. The molecule has 1 saturated heterocycles. The van der Waals surface area contributed by atoms with Crippen LogP contribution in [0.1, 0.15) is 6.92 Å². The lowest BCUT2D eigenvalue weighted by molar-refractivity contribution is 0.0810. The summed E-state index contributed by atoms with van der Waals surface area (Å²) >= 11 is 0. The molecule has 0 spiro atoms. The Hall–Kier alpha value is -0.770. The molecule has 4 heteroatoms. The Balaban J connectivity index is 2.33. The number of primary amides is 1. The third kappa shape index (κ3) is 1.60. The van der Waals surface area contributed by atoms with Gasteiger partial charge in [0.25, 0.3) is 0 Å². The summed E-state index contributed by atoms with van der Waals surface area (Å²) in [6.07, 6.45) is -0.861. The number of hydrogen-bond donors (Lipinski definition) is 1. The van der Waals surface area contributed by atoms with Crippen molar-refractivity contribution >= 4 is 6.09 Å². The average Bonchev–Trinajstić information content (AvgIpc) is 2.15. The number of carbonyl (C=O) groups is 1. The van der Waals surface area contributed by atoms with Crippen molar-refractivity contribution in [3.8, 4) is 0 Å². The molecular weight excluding hydrogens is 134 g/mol. The van der Waals surface area contributed by atoms with Gasteiger partial charge in [-0.25, -0.2) is 4.79 Å². The molecule has 58 valence electrons. The van der Waals surface area contributed by atoms with Gasteiger partial charge in [0.1, 0.15) is 6.10 Å². The highest BCUT2D eigenvalue weighted by Crippen LogP contribution is 2.15. The van der Waals surface area contributed by atoms with E-state index in [0.29, 0.717) is 13.2 Å². The van der Waals surface area contributed by atoms with Crippen LogP contribution < -0.4 is 5.73 Å². The van der Waals surface area contributed by atoms with Crippen LogP contribution >= 0.6 is 0 Å². The molecule has 0 bridgehead atoms. The molecule has 0 aromatic heterocycles. The Labute approximate surface area is 59.3 Å². The monoisotopic (exact) mass is 145 g/mol. The highest BCUT2D eigenvalue weighted by atomic mass is 16.6. The van der Waals surface area contributed by atoms with Crippen molar-refractivity contribution in [2.75, 3.05) is 13.2 Å². The van der Waals surface area contributed by atoms with E-state index < -0.39 is 6.09 Å². The van der Waals surface area contributed by atoms with E-state index >= 15 is 0 Å². The van der Waals surface area contributed by atoms with Crippen LogP contribution in [0, 0.1) is 5.92 Å². The zero-order valence-electron chi connectivity index (χ0n) is 5.87. The standard InChI is InChI=1S/C6H11NO3/c1-4-2-9-3-5(4)10-6(7)8/h4-5H,2-3H2,1H3,(H2,7,8). The van der Waals surface area contributed by atoms with Gasteiger partial charge in [0.15, 0.2) is 0 Å². The number of nitrogens with two attached hydrogens (primary N) is 1. The zero-order valence-corrected chi connectivity index (χ0v) is 5.87. The highest BCUT2D eigenvalue weighted by molar-refractivity contribution is 5.64. The molecule has 1 fully saturated rings. The quantitative estimate of drug-likeness (QED) is 0.570. The number of hydrogen-bond acceptors (Lipinski definition) is 3. The molecule has 2 N–H and O–H groups in total. The smallest absolute Gasteiger partial charge is 0.404 e. The number of amides is 1. The Morgan fingerprint density at radius 1 is 1.70 bits per heavy atom. The second-order valence-corrected chi connectivity index (χ2v) is 2.49. The minimum Gasteiger partial charge on any atom is -0.444 e. The molecule has 2 unspecified atom stereocenters. The van der Waals surface area contributed by atoms with E-state index in [1.54, 1.807) is 0 Å². The van der Waals surface area contributed by atoms with Crippen molar-refractivity contribution in [1.29, 1.82) is 0 Å². The second-order valence-electron chi connectivity index (χ2n) is 2.49. The molecule has 1 aliphatic rings. The van der Waals surface area contributed by atoms with Crippen molar-refractivity contribution < 1.29 is 14.3 Å². The maximum absolute atomic E-state index is 10.2. The van der Waals surface area contributed by atoms with Crippen molar-refractivity contribution in [1.82, 2.24) is 0 Å². The summed E-state index contributed by atoms with van der Waals surface area (Å²) < 4.78 is 9.77. The molecule has 1 amide bonds. The molecule has 0 aromatic carbocycles. The summed E-state index contributed by atoms with van der Waals surface area (Å²) in [5.41, 5.74) is 4.82. The Morgan fingerprint density at radius 3 is 2.80 bits per heavy atom. The van der Waals surface area contributed by atoms with Crippen LogP contribution in [0.4, 0.5) is 4.79 Å². The van der Waals surface area contributed by atoms with Crippen LogP contribution in [0.25, 0.3) is 0 Å². The molecule has 0 aromatic rings. The molecule has 1 heterocycles. The van der Waals surface area contributed by atoms with Gasteiger partial charge in [0, 0.05) is 5.92 Å². The van der Waals surface area contributed by atoms with Gasteiger partial charge in [0.2, 0.25) is 0 Å². The third-order valence-electron chi connectivity index (χ3n) is 1.57. The van der Waals surface area contributed by atoms with Gasteiger partial charge in [-0.1, -0.05) is 6.92 Å². The summed E-state index contributed by atoms with van der Waals surface area (Å²) in [5, 5.41) is 0. The van der Waals surface area contributed by atoms with Crippen LogP contribution in [0.15, 0.2) is 0 Å². The van der Waals surface area contributed by atoms with Crippen molar-refractivity contribution in [2.45, 2.75) is 13.0 Å². The maximum atomic E-state index is 10.2. The first-order chi connectivity index (χ1) is 4.70. The summed E-state index contributed by atoms with van der Waals surface area (Å²) in [5.74, 6) is 0.271. The molecule has 10 heavy (non-hydrogen) atoms. The lowest BCUT2D eigenvalue weighted by Gasteiger charge is -2.11. The molecule has 1 rings (SSSR count). The Morgan fingerprint density at radius 2 is 2.40 bits per heavy atom. The second kappa shape index (κ2) is 2.88. The normalized spacial score (nSPS) is 32.1.